The molecule has 2 saturated heterocycles. The number of nitrogens with zero attached hydrogens (tertiary/aromatic N) is 1. The second kappa shape index (κ2) is 10.6. The first-order chi connectivity index (χ1) is 18.9. The van der Waals surface area contributed by atoms with E-state index in [2.05, 4.69) is 17.6 Å². The summed E-state index contributed by atoms with van der Waals surface area (Å²) in [5.74, 6) is -0.760. The van der Waals surface area contributed by atoms with Crippen molar-refractivity contribution in [2.24, 2.45) is 17.8 Å². The molecule has 210 valence electrons. The number of benzene rings is 1. The van der Waals surface area contributed by atoms with E-state index in [1.54, 1.807) is 12.1 Å². The van der Waals surface area contributed by atoms with Crippen LogP contribution < -0.4 is 15.4 Å². The lowest BCUT2D eigenvalue weighted by Crippen LogP contribution is -2.59. The fourth-order valence-electron chi connectivity index (χ4n) is 7.78. The van der Waals surface area contributed by atoms with Crippen molar-refractivity contribution >= 4 is 23.4 Å². The van der Waals surface area contributed by atoms with Gasteiger partial charge in [0.25, 0.3) is 0 Å². The SMILES string of the molecule is CCOc1ccc(NC(=O)[C@@H]2[C@@H]3C=C[C@]4(O3)[C@@H]2C(=O)N(C2CCCCC2)[C@H]4C(=O)N[C@H]2CCCC[C@H]2C)cc1. The zero-order valence-electron chi connectivity index (χ0n) is 23.1. The first-order valence-electron chi connectivity index (χ1n) is 15.0. The molecule has 1 aromatic carbocycles. The van der Waals surface area contributed by atoms with E-state index in [4.69, 9.17) is 9.47 Å². The molecule has 39 heavy (non-hydrogen) atoms. The minimum absolute atomic E-state index is 0.00312. The summed E-state index contributed by atoms with van der Waals surface area (Å²) in [4.78, 5) is 43.9. The molecule has 5 aliphatic rings. The molecule has 1 spiro atoms. The molecule has 8 heteroatoms. The number of carbonyl (C=O) groups excluding carboxylic acids is 3. The molecule has 7 atom stereocenters. The van der Waals surface area contributed by atoms with Gasteiger partial charge in [0, 0.05) is 17.8 Å². The number of carbonyl (C=O) groups is 3. The summed E-state index contributed by atoms with van der Waals surface area (Å²) in [7, 11) is 0. The van der Waals surface area contributed by atoms with Crippen LogP contribution in [0.5, 0.6) is 5.75 Å². The minimum Gasteiger partial charge on any atom is -0.494 e. The molecule has 4 fully saturated rings. The quantitative estimate of drug-likeness (QED) is 0.510. The van der Waals surface area contributed by atoms with Crippen LogP contribution in [0.25, 0.3) is 0 Å². The van der Waals surface area contributed by atoms with Gasteiger partial charge in [-0.1, -0.05) is 51.2 Å². The number of nitrogens with one attached hydrogen (secondary N) is 2. The van der Waals surface area contributed by atoms with Crippen LogP contribution in [-0.2, 0) is 19.1 Å². The monoisotopic (exact) mass is 535 g/mol. The molecule has 0 radical (unpaired) electrons. The van der Waals surface area contributed by atoms with Gasteiger partial charge in [0.05, 0.1) is 24.5 Å². The molecule has 0 unspecified atom stereocenters. The second-order valence-corrected chi connectivity index (χ2v) is 12.1. The van der Waals surface area contributed by atoms with Crippen LogP contribution in [0.2, 0.25) is 0 Å². The summed E-state index contributed by atoms with van der Waals surface area (Å²) in [5, 5.41) is 6.33. The van der Waals surface area contributed by atoms with Gasteiger partial charge < -0.3 is 25.0 Å². The topological polar surface area (TPSA) is 97.0 Å². The van der Waals surface area contributed by atoms with Crippen LogP contribution in [0.15, 0.2) is 36.4 Å². The van der Waals surface area contributed by atoms with Crippen LogP contribution in [0.1, 0.15) is 71.6 Å². The van der Waals surface area contributed by atoms with E-state index in [9.17, 15) is 14.4 Å². The number of ether oxygens (including phenoxy) is 2. The number of rotatable bonds is 7. The zero-order valence-corrected chi connectivity index (χ0v) is 23.1. The van der Waals surface area contributed by atoms with Crippen molar-refractivity contribution < 1.29 is 23.9 Å². The van der Waals surface area contributed by atoms with E-state index in [0.717, 1.165) is 57.1 Å². The van der Waals surface area contributed by atoms with Crippen molar-refractivity contribution in [1.82, 2.24) is 10.2 Å². The van der Waals surface area contributed by atoms with Crippen molar-refractivity contribution in [3.8, 4) is 5.75 Å². The molecule has 2 aliphatic carbocycles. The zero-order chi connectivity index (χ0) is 27.1. The lowest BCUT2D eigenvalue weighted by molar-refractivity contribution is -0.145. The second-order valence-electron chi connectivity index (χ2n) is 12.1. The smallest absolute Gasteiger partial charge is 0.246 e. The number of fused-ring (bicyclic) bond motifs is 1. The van der Waals surface area contributed by atoms with E-state index in [1.807, 2.05) is 36.1 Å². The Hall–Kier alpha value is -2.87. The number of hydrogen-bond donors (Lipinski definition) is 2. The lowest BCUT2D eigenvalue weighted by atomic mass is 9.74. The van der Waals surface area contributed by atoms with Gasteiger partial charge in [-0.2, -0.15) is 0 Å². The van der Waals surface area contributed by atoms with Gasteiger partial charge in [-0.15, -0.1) is 0 Å². The fraction of sp³-hybridized carbons (Fsp3) is 0.645. The van der Waals surface area contributed by atoms with Gasteiger partial charge in [-0.25, -0.2) is 0 Å². The van der Waals surface area contributed by atoms with Gasteiger partial charge in [-0.3, -0.25) is 14.4 Å². The van der Waals surface area contributed by atoms with Crippen molar-refractivity contribution in [3.63, 3.8) is 0 Å². The van der Waals surface area contributed by atoms with Crippen LogP contribution in [0.4, 0.5) is 5.69 Å². The first-order valence-corrected chi connectivity index (χ1v) is 15.0. The maximum Gasteiger partial charge on any atom is 0.246 e. The number of anilines is 1. The Labute approximate surface area is 230 Å². The predicted octanol–water partition coefficient (Wildman–Crippen LogP) is 4.20. The Morgan fingerprint density at radius 3 is 2.46 bits per heavy atom. The van der Waals surface area contributed by atoms with Crippen LogP contribution in [0, 0.1) is 17.8 Å². The molecular formula is C31H41N3O5. The molecule has 2 bridgehead atoms. The summed E-state index contributed by atoms with van der Waals surface area (Å²) in [5.41, 5.74) is -0.471. The summed E-state index contributed by atoms with van der Waals surface area (Å²) >= 11 is 0. The Balaban J connectivity index is 1.28. The van der Waals surface area contributed by atoms with Crippen molar-refractivity contribution in [2.75, 3.05) is 11.9 Å². The Morgan fingerprint density at radius 1 is 1.03 bits per heavy atom. The molecule has 3 heterocycles. The molecule has 0 aromatic heterocycles. The van der Waals surface area contributed by atoms with Crippen molar-refractivity contribution in [3.05, 3.63) is 36.4 Å². The molecule has 2 N–H and O–H groups in total. The van der Waals surface area contributed by atoms with E-state index >= 15 is 0 Å². The summed E-state index contributed by atoms with van der Waals surface area (Å²) in [6, 6.07) is 6.58. The highest BCUT2D eigenvalue weighted by Gasteiger charge is 2.73. The van der Waals surface area contributed by atoms with Gasteiger partial charge in [-0.05, 0) is 62.8 Å². The highest BCUT2D eigenvalue weighted by molar-refractivity contribution is 6.03. The van der Waals surface area contributed by atoms with E-state index in [1.165, 1.54) is 6.42 Å². The van der Waals surface area contributed by atoms with Crippen LogP contribution in [-0.4, -0.2) is 59.1 Å². The Kier molecular flexibility index (Phi) is 7.16. The number of amides is 3. The maximum atomic E-state index is 14.3. The average molecular weight is 536 g/mol. The van der Waals surface area contributed by atoms with Crippen LogP contribution in [0.3, 0.4) is 0 Å². The normalized spacial score (nSPS) is 35.6. The van der Waals surface area contributed by atoms with Gasteiger partial charge >= 0.3 is 0 Å². The van der Waals surface area contributed by atoms with E-state index in [-0.39, 0.29) is 29.8 Å². The third-order valence-corrected chi connectivity index (χ3v) is 9.70. The highest BCUT2D eigenvalue weighted by atomic mass is 16.5. The molecule has 3 aliphatic heterocycles. The molecule has 6 rings (SSSR count). The first kappa shape index (κ1) is 26.4. The van der Waals surface area contributed by atoms with Crippen molar-refractivity contribution in [1.29, 1.82) is 0 Å². The highest BCUT2D eigenvalue weighted by Crippen LogP contribution is 2.56. The van der Waals surface area contributed by atoms with Crippen molar-refractivity contribution in [2.45, 2.75) is 101 Å². The van der Waals surface area contributed by atoms with E-state index < -0.39 is 29.6 Å². The standard InChI is InChI=1S/C31H41N3O5/c1-3-38-22-15-13-20(14-16-22)32-28(35)25-24-17-18-31(39-24)26(25)30(37)34(21-10-5-4-6-11-21)27(31)29(36)33-23-12-8-7-9-19(23)2/h13-19,21,23-27H,3-12H2,1-2H3,(H,32,35)(H,33,36)/t19-,23+,24+,25-,26+,27+,31+/m1/s1. The third kappa shape index (κ3) is 4.54. The Bertz CT molecular complexity index is 1130. The molecular weight excluding hydrogens is 494 g/mol. The summed E-state index contributed by atoms with van der Waals surface area (Å²) in [6.07, 6.45) is 12.6. The Morgan fingerprint density at radius 2 is 1.74 bits per heavy atom. The largest absolute Gasteiger partial charge is 0.494 e. The molecule has 2 saturated carbocycles. The van der Waals surface area contributed by atoms with Gasteiger partial charge in [0.15, 0.2) is 0 Å². The molecule has 8 nitrogen and oxygen atoms in total. The van der Waals surface area contributed by atoms with E-state index in [0.29, 0.717) is 18.2 Å². The van der Waals surface area contributed by atoms with Crippen LogP contribution >= 0.6 is 0 Å². The minimum atomic E-state index is -1.11. The number of hydrogen-bond acceptors (Lipinski definition) is 5. The fourth-order valence-corrected chi connectivity index (χ4v) is 7.78. The summed E-state index contributed by atoms with van der Waals surface area (Å²) < 4.78 is 12.0. The predicted molar refractivity (Wildman–Crippen MR) is 147 cm³/mol. The average Bonchev–Trinajstić information content (AvgIpc) is 3.59. The lowest BCUT2D eigenvalue weighted by Gasteiger charge is -2.40. The van der Waals surface area contributed by atoms with Gasteiger partial charge in [0.1, 0.15) is 17.4 Å². The number of likely N-dealkylation sites (tertiary alicyclic amines) is 1. The maximum absolute atomic E-state index is 14.3. The van der Waals surface area contributed by atoms with Gasteiger partial charge in [0.2, 0.25) is 17.7 Å². The summed E-state index contributed by atoms with van der Waals surface area (Å²) in [6.45, 7) is 4.69. The third-order valence-electron chi connectivity index (χ3n) is 9.70. The molecule has 1 aromatic rings. The molecule has 3 amide bonds.